The van der Waals surface area contributed by atoms with Crippen molar-refractivity contribution in [2.45, 2.75) is 32.1 Å². The summed E-state index contributed by atoms with van der Waals surface area (Å²) in [5.41, 5.74) is 1.94. The first kappa shape index (κ1) is 17.2. The van der Waals surface area contributed by atoms with Gasteiger partial charge in [0.05, 0.1) is 5.56 Å². The van der Waals surface area contributed by atoms with E-state index in [0.29, 0.717) is 23.2 Å². The second-order valence-corrected chi connectivity index (χ2v) is 6.59. The first-order chi connectivity index (χ1) is 12.2. The molecule has 1 saturated carbocycles. The van der Waals surface area contributed by atoms with Crippen LogP contribution in [0.5, 0.6) is 0 Å². The minimum atomic E-state index is -0.993. The van der Waals surface area contributed by atoms with Crippen LogP contribution in [0.3, 0.4) is 0 Å². The molecule has 4 nitrogen and oxygen atoms in total. The highest BCUT2D eigenvalue weighted by molar-refractivity contribution is 6.04. The van der Waals surface area contributed by atoms with Crippen LogP contribution in [0.4, 0.5) is 0 Å². The summed E-state index contributed by atoms with van der Waals surface area (Å²) in [6.07, 6.45) is 6.14. The summed E-state index contributed by atoms with van der Waals surface area (Å²) in [4.78, 5) is 24.1. The number of nitrogens with one attached hydrogen (secondary N) is 1. The summed E-state index contributed by atoms with van der Waals surface area (Å²) in [6.45, 7) is 0.665. The summed E-state index contributed by atoms with van der Waals surface area (Å²) >= 11 is 0. The number of carboxylic acids is 1. The minimum Gasteiger partial charge on any atom is -0.478 e. The smallest absolute Gasteiger partial charge is 0.336 e. The molecule has 0 bridgehead atoms. The Morgan fingerprint density at radius 2 is 1.48 bits per heavy atom. The van der Waals surface area contributed by atoms with Crippen LogP contribution in [-0.2, 0) is 0 Å². The van der Waals surface area contributed by atoms with Crippen LogP contribution >= 0.6 is 0 Å². The highest BCUT2D eigenvalue weighted by Crippen LogP contribution is 2.28. The number of hydrogen-bond acceptors (Lipinski definition) is 2. The molecule has 0 aromatic heterocycles. The third-order valence-electron chi connectivity index (χ3n) is 4.93. The molecule has 1 fully saturated rings. The zero-order chi connectivity index (χ0) is 17.6. The summed E-state index contributed by atoms with van der Waals surface area (Å²) in [5, 5.41) is 12.4. The molecule has 0 aliphatic heterocycles. The van der Waals surface area contributed by atoms with E-state index in [-0.39, 0.29) is 11.5 Å². The fraction of sp³-hybridized carbons (Fsp3) is 0.333. The topological polar surface area (TPSA) is 66.4 Å². The van der Waals surface area contributed by atoms with E-state index in [1.165, 1.54) is 25.7 Å². The lowest BCUT2D eigenvalue weighted by Gasteiger charge is -2.13. The lowest BCUT2D eigenvalue weighted by atomic mass is 9.95. The molecule has 25 heavy (non-hydrogen) atoms. The first-order valence-corrected chi connectivity index (χ1v) is 8.86. The molecule has 4 heteroatoms. The SMILES string of the molecule is O=C(O)c1ccccc1-c1ccccc1C(=O)NCCC1CCCC1. The number of aromatic carboxylic acids is 1. The quantitative estimate of drug-likeness (QED) is 0.823. The van der Waals surface area contributed by atoms with Crippen LogP contribution in [-0.4, -0.2) is 23.5 Å². The largest absolute Gasteiger partial charge is 0.478 e. The van der Waals surface area contributed by atoms with Gasteiger partial charge in [0.1, 0.15) is 0 Å². The average Bonchev–Trinajstić information content (AvgIpc) is 3.15. The number of hydrogen-bond donors (Lipinski definition) is 2. The monoisotopic (exact) mass is 337 g/mol. The molecule has 0 radical (unpaired) electrons. The average molecular weight is 337 g/mol. The molecule has 0 saturated heterocycles. The molecule has 3 rings (SSSR count). The van der Waals surface area contributed by atoms with Crippen molar-refractivity contribution in [2.75, 3.05) is 6.54 Å². The van der Waals surface area contributed by atoms with E-state index < -0.39 is 5.97 Å². The molecule has 2 N–H and O–H groups in total. The molecule has 0 atom stereocenters. The Labute approximate surface area is 147 Å². The number of carbonyl (C=O) groups excluding carboxylic acids is 1. The van der Waals surface area contributed by atoms with Crippen molar-refractivity contribution in [3.05, 3.63) is 59.7 Å². The molecule has 2 aromatic rings. The molecule has 0 unspecified atom stereocenters. The minimum absolute atomic E-state index is 0.145. The second kappa shape index (κ2) is 7.97. The van der Waals surface area contributed by atoms with E-state index in [0.717, 1.165) is 12.3 Å². The Bertz CT molecular complexity index is 763. The predicted molar refractivity (Wildman–Crippen MR) is 97.7 cm³/mol. The fourth-order valence-corrected chi connectivity index (χ4v) is 3.60. The molecule has 1 amide bonds. The van der Waals surface area contributed by atoms with Crippen molar-refractivity contribution in [1.82, 2.24) is 5.32 Å². The van der Waals surface area contributed by atoms with Crippen molar-refractivity contribution in [3.63, 3.8) is 0 Å². The van der Waals surface area contributed by atoms with Gasteiger partial charge in [-0.15, -0.1) is 0 Å². The van der Waals surface area contributed by atoms with E-state index in [2.05, 4.69) is 5.32 Å². The second-order valence-electron chi connectivity index (χ2n) is 6.59. The zero-order valence-corrected chi connectivity index (χ0v) is 14.2. The van der Waals surface area contributed by atoms with Crippen molar-refractivity contribution in [2.24, 2.45) is 5.92 Å². The Morgan fingerprint density at radius 1 is 0.920 bits per heavy atom. The van der Waals surface area contributed by atoms with Gasteiger partial charge in [-0.3, -0.25) is 4.79 Å². The maximum atomic E-state index is 12.6. The molecule has 0 spiro atoms. The molecule has 1 aliphatic carbocycles. The third-order valence-corrected chi connectivity index (χ3v) is 4.93. The van der Waals surface area contributed by atoms with Crippen LogP contribution in [0.2, 0.25) is 0 Å². The van der Waals surface area contributed by atoms with Gasteiger partial charge in [-0.1, -0.05) is 62.1 Å². The van der Waals surface area contributed by atoms with Crippen LogP contribution in [0.1, 0.15) is 52.8 Å². The molecule has 2 aromatic carbocycles. The summed E-state index contributed by atoms with van der Waals surface area (Å²) in [6, 6.07) is 14.0. The molecular formula is C21H23NO3. The highest BCUT2D eigenvalue weighted by Gasteiger charge is 2.18. The molecule has 130 valence electrons. The van der Waals surface area contributed by atoms with Gasteiger partial charge in [-0.25, -0.2) is 4.79 Å². The van der Waals surface area contributed by atoms with E-state index in [1.54, 1.807) is 42.5 Å². The van der Waals surface area contributed by atoms with E-state index in [1.807, 2.05) is 6.07 Å². The number of rotatable bonds is 6. The number of carbonyl (C=O) groups is 2. The molecule has 1 aliphatic rings. The predicted octanol–water partition coefficient (Wildman–Crippen LogP) is 4.36. The van der Waals surface area contributed by atoms with Crippen molar-refractivity contribution >= 4 is 11.9 Å². The van der Waals surface area contributed by atoms with Gasteiger partial charge in [-0.05, 0) is 35.6 Å². The lowest BCUT2D eigenvalue weighted by Crippen LogP contribution is -2.26. The Kier molecular flexibility index (Phi) is 5.49. The van der Waals surface area contributed by atoms with Crippen LogP contribution in [0, 0.1) is 5.92 Å². The standard InChI is InChI=1S/C21H23NO3/c23-20(22-14-13-15-7-1-2-8-15)18-11-5-3-9-16(18)17-10-4-6-12-19(17)21(24)25/h3-6,9-12,15H,1-2,7-8,13-14H2,(H,22,23)(H,24,25). The number of amides is 1. The summed E-state index contributed by atoms with van der Waals surface area (Å²) in [7, 11) is 0. The van der Waals surface area contributed by atoms with E-state index in [4.69, 9.17) is 0 Å². The summed E-state index contributed by atoms with van der Waals surface area (Å²) < 4.78 is 0. The van der Waals surface area contributed by atoms with Crippen molar-refractivity contribution in [3.8, 4) is 11.1 Å². The normalized spacial score (nSPS) is 14.4. The van der Waals surface area contributed by atoms with Crippen LogP contribution in [0.25, 0.3) is 11.1 Å². The van der Waals surface area contributed by atoms with E-state index >= 15 is 0 Å². The van der Waals surface area contributed by atoms with Gasteiger partial charge in [-0.2, -0.15) is 0 Å². The summed E-state index contributed by atoms with van der Waals surface area (Å²) in [5.74, 6) is -0.413. The van der Waals surface area contributed by atoms with Crippen molar-refractivity contribution in [1.29, 1.82) is 0 Å². The van der Waals surface area contributed by atoms with Gasteiger partial charge < -0.3 is 10.4 Å². The number of carboxylic acid groups (broad SMARTS) is 1. The first-order valence-electron chi connectivity index (χ1n) is 8.86. The van der Waals surface area contributed by atoms with Gasteiger partial charge in [0.25, 0.3) is 5.91 Å². The maximum Gasteiger partial charge on any atom is 0.336 e. The molecular weight excluding hydrogens is 314 g/mol. The fourth-order valence-electron chi connectivity index (χ4n) is 3.60. The number of benzene rings is 2. The Morgan fingerprint density at radius 3 is 2.12 bits per heavy atom. The van der Waals surface area contributed by atoms with Crippen LogP contribution in [0.15, 0.2) is 48.5 Å². The van der Waals surface area contributed by atoms with Gasteiger partial charge in [0, 0.05) is 12.1 Å². The van der Waals surface area contributed by atoms with Gasteiger partial charge in [0.15, 0.2) is 0 Å². The third kappa shape index (κ3) is 4.08. The Balaban J connectivity index is 1.79. The lowest BCUT2D eigenvalue weighted by molar-refractivity contribution is 0.0697. The van der Waals surface area contributed by atoms with Crippen molar-refractivity contribution < 1.29 is 14.7 Å². The highest BCUT2D eigenvalue weighted by atomic mass is 16.4. The Hall–Kier alpha value is -2.62. The van der Waals surface area contributed by atoms with Gasteiger partial charge >= 0.3 is 5.97 Å². The molecule has 0 heterocycles. The van der Waals surface area contributed by atoms with Gasteiger partial charge in [0.2, 0.25) is 0 Å². The van der Waals surface area contributed by atoms with Crippen LogP contribution < -0.4 is 5.32 Å². The zero-order valence-electron chi connectivity index (χ0n) is 14.2. The van der Waals surface area contributed by atoms with E-state index in [9.17, 15) is 14.7 Å². The maximum absolute atomic E-state index is 12.6.